The fourth-order valence-electron chi connectivity index (χ4n) is 7.05. The van der Waals surface area contributed by atoms with Gasteiger partial charge in [0, 0.05) is 6.61 Å². The zero-order valence-electron chi connectivity index (χ0n) is 18.0. The van der Waals surface area contributed by atoms with Crippen molar-refractivity contribution in [3.63, 3.8) is 0 Å². The molecule has 7 atom stereocenters. The van der Waals surface area contributed by atoms with E-state index in [1.54, 1.807) is 12.1 Å². The first-order valence-corrected chi connectivity index (χ1v) is 12.8. The topological polar surface area (TPSA) is 63.6 Å². The third-order valence-electron chi connectivity index (χ3n) is 8.72. The van der Waals surface area contributed by atoms with Gasteiger partial charge in [-0.1, -0.05) is 38.0 Å². The van der Waals surface area contributed by atoms with Crippen molar-refractivity contribution in [3.8, 4) is 0 Å². The molecule has 0 aliphatic heterocycles. The second kappa shape index (κ2) is 7.97. The van der Waals surface area contributed by atoms with E-state index >= 15 is 0 Å². The standard InChI is InChI=1S/C24H36O4S/c1-4-17-7-10-20-19(21(17)15-25)13-14-24(3)22(20)11-12-23(24)28-29(26,27)18-8-5-16(2)6-9-18/h5-6,8-9,17,19-23,25H,4,7,10-15H2,1-3H3/t17-,19+,20-,21+,22+,23+,24+/m1/s1. The number of aliphatic hydroxyl groups excluding tert-OH is 1. The molecule has 0 radical (unpaired) electrons. The van der Waals surface area contributed by atoms with Crippen LogP contribution < -0.4 is 0 Å². The summed E-state index contributed by atoms with van der Waals surface area (Å²) in [6.45, 7) is 6.75. The summed E-state index contributed by atoms with van der Waals surface area (Å²) >= 11 is 0. The number of rotatable bonds is 5. The van der Waals surface area contributed by atoms with E-state index < -0.39 is 10.1 Å². The first-order valence-electron chi connectivity index (χ1n) is 11.4. The number of aliphatic hydroxyl groups is 1. The predicted molar refractivity (Wildman–Crippen MR) is 114 cm³/mol. The lowest BCUT2D eigenvalue weighted by Crippen LogP contribution is -2.49. The second-order valence-corrected chi connectivity index (χ2v) is 11.6. The number of benzene rings is 1. The van der Waals surface area contributed by atoms with Crippen LogP contribution in [-0.2, 0) is 14.3 Å². The van der Waals surface area contributed by atoms with Gasteiger partial charge in [0.1, 0.15) is 0 Å². The highest BCUT2D eigenvalue weighted by molar-refractivity contribution is 7.86. The zero-order valence-corrected chi connectivity index (χ0v) is 18.8. The van der Waals surface area contributed by atoms with Crippen LogP contribution in [0.5, 0.6) is 0 Å². The molecule has 1 N–H and O–H groups in total. The molecule has 29 heavy (non-hydrogen) atoms. The third kappa shape index (κ3) is 3.68. The molecule has 3 aliphatic carbocycles. The fraction of sp³-hybridized carbons (Fsp3) is 0.750. The van der Waals surface area contributed by atoms with Gasteiger partial charge in [0.2, 0.25) is 0 Å². The molecule has 1 aromatic rings. The van der Waals surface area contributed by atoms with Gasteiger partial charge in [0.25, 0.3) is 10.1 Å². The quantitative estimate of drug-likeness (QED) is 0.685. The van der Waals surface area contributed by atoms with Crippen LogP contribution in [0.4, 0.5) is 0 Å². The normalized spacial score (nSPS) is 39.7. The Bertz CT molecular complexity index is 818. The van der Waals surface area contributed by atoms with Crippen molar-refractivity contribution in [2.45, 2.75) is 76.7 Å². The summed E-state index contributed by atoms with van der Waals surface area (Å²) in [4.78, 5) is 0.257. The maximum atomic E-state index is 12.9. The minimum atomic E-state index is -3.75. The summed E-state index contributed by atoms with van der Waals surface area (Å²) in [5.41, 5.74) is 0.953. The smallest absolute Gasteiger partial charge is 0.297 e. The molecule has 0 unspecified atom stereocenters. The lowest BCUT2D eigenvalue weighted by Gasteiger charge is -2.54. The maximum Gasteiger partial charge on any atom is 0.297 e. The molecule has 1 aromatic carbocycles. The van der Waals surface area contributed by atoms with Crippen molar-refractivity contribution >= 4 is 10.1 Å². The van der Waals surface area contributed by atoms with Crippen LogP contribution in [0.3, 0.4) is 0 Å². The Balaban J connectivity index is 1.53. The summed E-state index contributed by atoms with van der Waals surface area (Å²) in [7, 11) is -3.75. The van der Waals surface area contributed by atoms with Crippen molar-refractivity contribution < 1.29 is 17.7 Å². The highest BCUT2D eigenvalue weighted by atomic mass is 32.2. The van der Waals surface area contributed by atoms with Crippen LogP contribution in [0.15, 0.2) is 29.2 Å². The van der Waals surface area contributed by atoms with E-state index in [0.29, 0.717) is 36.2 Å². The summed E-state index contributed by atoms with van der Waals surface area (Å²) in [6, 6.07) is 6.94. The lowest BCUT2D eigenvalue weighted by atomic mass is 9.52. The fourth-order valence-corrected chi connectivity index (χ4v) is 8.25. The summed E-state index contributed by atoms with van der Waals surface area (Å²) < 4.78 is 31.7. The minimum absolute atomic E-state index is 0.0853. The molecule has 0 bridgehead atoms. The van der Waals surface area contributed by atoms with Crippen molar-refractivity contribution in [1.82, 2.24) is 0 Å². The van der Waals surface area contributed by atoms with Crippen LogP contribution in [0.25, 0.3) is 0 Å². The van der Waals surface area contributed by atoms with E-state index in [0.717, 1.165) is 37.7 Å². The Morgan fingerprint density at radius 2 is 1.79 bits per heavy atom. The van der Waals surface area contributed by atoms with E-state index in [2.05, 4.69) is 13.8 Å². The lowest BCUT2D eigenvalue weighted by molar-refractivity contribution is -0.0773. The summed E-state index contributed by atoms with van der Waals surface area (Å²) in [5.74, 6) is 2.75. The predicted octanol–water partition coefficient (Wildman–Crippen LogP) is 4.94. The van der Waals surface area contributed by atoms with Gasteiger partial charge in [-0.3, -0.25) is 4.18 Å². The van der Waals surface area contributed by atoms with E-state index in [-0.39, 0.29) is 16.4 Å². The van der Waals surface area contributed by atoms with Crippen LogP contribution in [0, 0.1) is 41.9 Å². The number of hydrogen-bond acceptors (Lipinski definition) is 4. The van der Waals surface area contributed by atoms with Crippen molar-refractivity contribution in [2.75, 3.05) is 6.61 Å². The molecule has 3 saturated carbocycles. The molecule has 4 nitrogen and oxygen atoms in total. The van der Waals surface area contributed by atoms with Gasteiger partial charge >= 0.3 is 0 Å². The summed E-state index contributed by atoms with van der Waals surface area (Å²) in [5, 5.41) is 10.1. The first-order chi connectivity index (χ1) is 13.8. The Labute approximate surface area is 176 Å². The van der Waals surface area contributed by atoms with Crippen LogP contribution in [0.1, 0.15) is 64.4 Å². The van der Waals surface area contributed by atoms with Crippen LogP contribution in [0.2, 0.25) is 0 Å². The van der Waals surface area contributed by atoms with Gasteiger partial charge in [-0.05, 0) is 92.6 Å². The van der Waals surface area contributed by atoms with E-state index in [4.69, 9.17) is 4.18 Å². The number of fused-ring (bicyclic) bond motifs is 3. The molecule has 5 heteroatoms. The Morgan fingerprint density at radius 1 is 1.07 bits per heavy atom. The van der Waals surface area contributed by atoms with Crippen LogP contribution in [-0.4, -0.2) is 26.2 Å². The highest BCUT2D eigenvalue weighted by Crippen LogP contribution is 2.62. The SMILES string of the molecule is CC[C@@H]1CC[C@@H]2[C@H](CC[C@]3(C)[C@@H](OS(=O)(=O)c4ccc(C)cc4)CC[C@@H]23)[C@H]1CO. The molecule has 3 fully saturated rings. The summed E-state index contributed by atoms with van der Waals surface area (Å²) in [6.07, 6.45) is 7.27. The average Bonchev–Trinajstić information content (AvgIpc) is 3.03. The molecule has 162 valence electrons. The van der Waals surface area contributed by atoms with Gasteiger partial charge in [0.15, 0.2) is 0 Å². The average molecular weight is 421 g/mol. The monoisotopic (exact) mass is 420 g/mol. The van der Waals surface area contributed by atoms with Gasteiger partial charge in [-0.15, -0.1) is 0 Å². The third-order valence-corrected chi connectivity index (χ3v) is 10.1. The zero-order chi connectivity index (χ0) is 20.8. The minimum Gasteiger partial charge on any atom is -0.396 e. The number of hydrogen-bond donors (Lipinski definition) is 1. The molecule has 0 spiro atoms. The Morgan fingerprint density at radius 3 is 2.45 bits per heavy atom. The van der Waals surface area contributed by atoms with E-state index in [9.17, 15) is 13.5 Å². The van der Waals surface area contributed by atoms with Crippen molar-refractivity contribution in [3.05, 3.63) is 29.8 Å². The Hall–Kier alpha value is -0.910. The molecular weight excluding hydrogens is 384 g/mol. The van der Waals surface area contributed by atoms with Gasteiger partial charge in [0.05, 0.1) is 11.0 Å². The van der Waals surface area contributed by atoms with Gasteiger partial charge in [-0.2, -0.15) is 8.42 Å². The molecule has 0 amide bonds. The van der Waals surface area contributed by atoms with Gasteiger partial charge in [-0.25, -0.2) is 0 Å². The molecule has 4 rings (SSSR count). The highest BCUT2D eigenvalue weighted by Gasteiger charge is 2.57. The molecule has 3 aliphatic rings. The van der Waals surface area contributed by atoms with E-state index in [1.807, 2.05) is 19.1 Å². The largest absolute Gasteiger partial charge is 0.396 e. The van der Waals surface area contributed by atoms with Crippen molar-refractivity contribution in [2.24, 2.45) is 35.0 Å². The second-order valence-electron chi connectivity index (χ2n) is 10.0. The molecule has 0 heterocycles. The molecule has 0 aromatic heterocycles. The van der Waals surface area contributed by atoms with E-state index in [1.165, 1.54) is 12.8 Å². The molecular formula is C24H36O4S. The maximum absolute atomic E-state index is 12.9. The van der Waals surface area contributed by atoms with Gasteiger partial charge < -0.3 is 5.11 Å². The van der Waals surface area contributed by atoms with Crippen LogP contribution >= 0.6 is 0 Å². The molecule has 0 saturated heterocycles. The number of aryl methyl sites for hydroxylation is 1. The van der Waals surface area contributed by atoms with Crippen molar-refractivity contribution in [1.29, 1.82) is 0 Å². The first kappa shape index (κ1) is 21.3. The Kier molecular flexibility index (Phi) is 5.86.